The predicted molar refractivity (Wildman–Crippen MR) is 125 cm³/mol. The summed E-state index contributed by atoms with van der Waals surface area (Å²) in [5.74, 6) is 1.81. The van der Waals surface area contributed by atoms with Crippen molar-refractivity contribution in [2.75, 3.05) is 17.8 Å². The number of rotatable bonds is 7. The van der Waals surface area contributed by atoms with E-state index < -0.39 is 6.23 Å². The van der Waals surface area contributed by atoms with Gasteiger partial charge in [-0.15, -0.1) is 10.2 Å². The smallest absolute Gasteiger partial charge is 0.247 e. The number of carbonyl (C=O) groups is 1. The van der Waals surface area contributed by atoms with Crippen molar-refractivity contribution >= 4 is 23.4 Å². The summed E-state index contributed by atoms with van der Waals surface area (Å²) in [6, 6.07) is 15.1. The average Bonchev–Trinajstić information content (AvgIpc) is 2.96. The molecule has 1 aliphatic rings. The highest BCUT2D eigenvalue weighted by molar-refractivity contribution is 7.99. The van der Waals surface area contributed by atoms with Crippen molar-refractivity contribution in [1.29, 1.82) is 0 Å². The number of aromatic nitrogens is 3. The number of benzene rings is 2. The molecule has 1 aliphatic heterocycles. The standard InChI is InChI=1S/C24H26N4O3S/c1-4-5-8-14-32-24-25-22-21(26-27-24)19-12-6-7-13-20(19)28(16(2)29)23(31-22)17-10-9-11-18(15-17)30-3/h6-7,9-13,15,23H,4-5,8,14H2,1-3H3. The van der Waals surface area contributed by atoms with Crippen molar-refractivity contribution in [3.63, 3.8) is 0 Å². The molecule has 0 radical (unpaired) electrons. The maximum Gasteiger partial charge on any atom is 0.247 e. The van der Waals surface area contributed by atoms with Crippen molar-refractivity contribution < 1.29 is 14.3 Å². The number of hydrogen-bond donors (Lipinski definition) is 0. The molecule has 0 spiro atoms. The van der Waals surface area contributed by atoms with Crippen LogP contribution in [0.4, 0.5) is 5.69 Å². The molecule has 166 valence electrons. The van der Waals surface area contributed by atoms with Crippen LogP contribution in [0, 0.1) is 0 Å². The molecule has 0 fully saturated rings. The predicted octanol–water partition coefficient (Wildman–Crippen LogP) is 5.27. The third kappa shape index (κ3) is 4.55. The zero-order chi connectivity index (χ0) is 22.5. The molecule has 32 heavy (non-hydrogen) atoms. The molecular formula is C24H26N4O3S. The molecule has 3 aromatic rings. The Labute approximate surface area is 192 Å². The van der Waals surface area contributed by atoms with Crippen LogP contribution in [0.1, 0.15) is 44.9 Å². The quantitative estimate of drug-likeness (QED) is 0.358. The first-order chi connectivity index (χ1) is 15.6. The van der Waals surface area contributed by atoms with Crippen LogP contribution in [0.15, 0.2) is 53.7 Å². The van der Waals surface area contributed by atoms with Crippen LogP contribution in [0.5, 0.6) is 11.6 Å². The number of methoxy groups -OCH3 is 1. The number of anilines is 1. The normalized spacial score (nSPS) is 14.7. The van der Waals surface area contributed by atoms with Crippen LogP contribution < -0.4 is 14.4 Å². The van der Waals surface area contributed by atoms with Gasteiger partial charge in [0, 0.05) is 23.8 Å². The van der Waals surface area contributed by atoms with Crippen LogP contribution in [0.25, 0.3) is 11.3 Å². The Kier molecular flexibility index (Phi) is 6.90. The first kappa shape index (κ1) is 22.1. The molecule has 4 rings (SSSR count). The summed E-state index contributed by atoms with van der Waals surface area (Å²) < 4.78 is 11.8. The second-order valence-electron chi connectivity index (χ2n) is 7.46. The largest absolute Gasteiger partial charge is 0.497 e. The van der Waals surface area contributed by atoms with E-state index in [9.17, 15) is 4.79 Å². The highest BCUT2D eigenvalue weighted by atomic mass is 32.2. The van der Waals surface area contributed by atoms with E-state index in [0.717, 1.165) is 29.7 Å². The Morgan fingerprint density at radius 1 is 1.16 bits per heavy atom. The first-order valence-electron chi connectivity index (χ1n) is 10.7. The van der Waals surface area contributed by atoms with E-state index in [-0.39, 0.29) is 5.91 Å². The number of fused-ring (bicyclic) bond motifs is 3. The molecule has 1 aromatic heterocycles. The number of carbonyl (C=O) groups excluding carboxylic acids is 1. The van der Waals surface area contributed by atoms with Gasteiger partial charge in [0.05, 0.1) is 12.8 Å². The lowest BCUT2D eigenvalue weighted by Crippen LogP contribution is -2.36. The number of hydrogen-bond acceptors (Lipinski definition) is 7. The summed E-state index contributed by atoms with van der Waals surface area (Å²) in [7, 11) is 1.61. The zero-order valence-corrected chi connectivity index (χ0v) is 19.3. The van der Waals surface area contributed by atoms with Crippen molar-refractivity contribution in [2.45, 2.75) is 44.5 Å². The monoisotopic (exact) mass is 450 g/mol. The van der Waals surface area contributed by atoms with E-state index in [0.29, 0.717) is 28.2 Å². The van der Waals surface area contributed by atoms with Gasteiger partial charge in [-0.25, -0.2) is 0 Å². The lowest BCUT2D eigenvalue weighted by atomic mass is 10.1. The van der Waals surface area contributed by atoms with E-state index >= 15 is 0 Å². The Morgan fingerprint density at radius 3 is 2.78 bits per heavy atom. The van der Waals surface area contributed by atoms with Gasteiger partial charge in [0.2, 0.25) is 23.2 Å². The molecule has 2 aromatic carbocycles. The molecule has 8 heteroatoms. The Bertz CT molecular complexity index is 1110. The maximum absolute atomic E-state index is 12.8. The van der Waals surface area contributed by atoms with Gasteiger partial charge in [0.25, 0.3) is 0 Å². The molecule has 7 nitrogen and oxygen atoms in total. The van der Waals surface area contributed by atoms with Crippen LogP contribution in [0.3, 0.4) is 0 Å². The van der Waals surface area contributed by atoms with Crippen LogP contribution in [-0.2, 0) is 4.79 Å². The number of thioether (sulfide) groups is 1. The first-order valence-corrected chi connectivity index (χ1v) is 11.7. The maximum atomic E-state index is 12.8. The molecule has 0 saturated heterocycles. The summed E-state index contributed by atoms with van der Waals surface area (Å²) in [4.78, 5) is 19.1. The number of nitrogens with zero attached hydrogens (tertiary/aromatic N) is 4. The third-order valence-electron chi connectivity index (χ3n) is 5.21. The van der Waals surface area contributed by atoms with Crippen LogP contribution >= 0.6 is 11.8 Å². The summed E-state index contributed by atoms with van der Waals surface area (Å²) in [6.07, 6.45) is 2.70. The Morgan fingerprint density at radius 2 is 2.00 bits per heavy atom. The van der Waals surface area contributed by atoms with E-state index in [1.807, 2.05) is 48.5 Å². The fourth-order valence-corrected chi connectivity index (χ4v) is 4.42. The second kappa shape index (κ2) is 9.99. The fraction of sp³-hybridized carbons (Fsp3) is 0.333. The van der Waals surface area contributed by atoms with Gasteiger partial charge in [0.15, 0.2) is 5.69 Å². The Balaban J connectivity index is 1.80. The van der Waals surface area contributed by atoms with Gasteiger partial charge >= 0.3 is 0 Å². The summed E-state index contributed by atoms with van der Waals surface area (Å²) in [5, 5.41) is 9.35. The van der Waals surface area contributed by atoms with Gasteiger partial charge < -0.3 is 9.47 Å². The van der Waals surface area contributed by atoms with Gasteiger partial charge in [-0.2, -0.15) is 4.98 Å². The summed E-state index contributed by atoms with van der Waals surface area (Å²) >= 11 is 1.57. The molecule has 1 amide bonds. The lowest BCUT2D eigenvalue weighted by molar-refractivity contribution is -0.118. The minimum Gasteiger partial charge on any atom is -0.497 e. The molecule has 2 heterocycles. The van der Waals surface area contributed by atoms with Crippen molar-refractivity contribution in [3.05, 3.63) is 54.1 Å². The Hall–Kier alpha value is -3.13. The highest BCUT2D eigenvalue weighted by Gasteiger charge is 2.34. The van der Waals surface area contributed by atoms with E-state index in [4.69, 9.17) is 9.47 Å². The van der Waals surface area contributed by atoms with Crippen molar-refractivity contribution in [1.82, 2.24) is 15.2 Å². The summed E-state index contributed by atoms with van der Waals surface area (Å²) in [5.41, 5.74) is 2.75. The van der Waals surface area contributed by atoms with Gasteiger partial charge in [0.1, 0.15) is 5.75 Å². The number of para-hydroxylation sites is 1. The van der Waals surface area contributed by atoms with Crippen molar-refractivity contribution in [3.8, 4) is 22.9 Å². The van der Waals surface area contributed by atoms with Gasteiger partial charge in [-0.3, -0.25) is 9.69 Å². The average molecular weight is 451 g/mol. The number of amides is 1. The molecular weight excluding hydrogens is 424 g/mol. The van der Waals surface area contributed by atoms with Gasteiger partial charge in [-0.1, -0.05) is 61.9 Å². The lowest BCUT2D eigenvalue weighted by Gasteiger charge is -2.30. The molecule has 0 aliphatic carbocycles. The fourth-order valence-electron chi connectivity index (χ4n) is 3.64. The van der Waals surface area contributed by atoms with E-state index in [1.54, 1.807) is 23.8 Å². The number of unbranched alkanes of at least 4 members (excludes halogenated alkanes) is 2. The van der Waals surface area contributed by atoms with Crippen LogP contribution in [0.2, 0.25) is 0 Å². The summed E-state index contributed by atoms with van der Waals surface area (Å²) in [6.45, 7) is 3.70. The van der Waals surface area contributed by atoms with E-state index in [1.165, 1.54) is 13.3 Å². The minimum atomic E-state index is -0.723. The molecule has 1 atom stereocenters. The third-order valence-corrected chi connectivity index (χ3v) is 6.13. The minimum absolute atomic E-state index is 0.153. The zero-order valence-electron chi connectivity index (χ0n) is 18.4. The highest BCUT2D eigenvalue weighted by Crippen LogP contribution is 2.43. The molecule has 0 bridgehead atoms. The molecule has 0 N–H and O–H groups in total. The second-order valence-corrected chi connectivity index (χ2v) is 8.52. The van der Waals surface area contributed by atoms with Crippen LogP contribution in [-0.4, -0.2) is 34.0 Å². The number of ether oxygens (including phenoxy) is 2. The van der Waals surface area contributed by atoms with Crippen molar-refractivity contribution in [2.24, 2.45) is 0 Å². The van der Waals surface area contributed by atoms with E-state index in [2.05, 4.69) is 22.1 Å². The molecule has 0 saturated carbocycles. The SMILES string of the molecule is CCCCCSc1nnc2c(n1)OC(c1cccc(OC)c1)N(C(C)=O)c1ccccc1-2. The molecule has 1 unspecified atom stereocenters. The topological polar surface area (TPSA) is 77.4 Å². The van der Waals surface area contributed by atoms with Gasteiger partial charge in [-0.05, 0) is 24.6 Å².